The molecule has 1 rings (SSSR count). The summed E-state index contributed by atoms with van der Waals surface area (Å²) in [5.41, 5.74) is 5.52. The lowest BCUT2D eigenvalue weighted by molar-refractivity contribution is 0.170. The maximum absolute atomic E-state index is 5.52. The first-order valence-corrected chi connectivity index (χ1v) is 5.52. The molecule has 1 heterocycles. The first-order valence-electron chi connectivity index (χ1n) is 5.52. The molecule has 0 amide bonds. The molecule has 0 aliphatic rings. The molecule has 17 heavy (non-hydrogen) atoms. The number of nitrogen functional groups attached to an aromatic ring is 1. The van der Waals surface area contributed by atoms with E-state index >= 15 is 0 Å². The van der Waals surface area contributed by atoms with E-state index in [-0.39, 0.29) is 6.04 Å². The van der Waals surface area contributed by atoms with E-state index in [2.05, 4.69) is 22.0 Å². The van der Waals surface area contributed by atoms with Gasteiger partial charge in [0.25, 0.3) is 0 Å². The second-order valence-electron chi connectivity index (χ2n) is 3.81. The van der Waals surface area contributed by atoms with Crippen LogP contribution >= 0.6 is 0 Å². The third-order valence-corrected chi connectivity index (χ3v) is 2.44. The Morgan fingerprint density at radius 2 is 2.06 bits per heavy atom. The lowest BCUT2D eigenvalue weighted by atomic mass is 10.3. The summed E-state index contributed by atoms with van der Waals surface area (Å²) < 4.78 is 10.2. The van der Waals surface area contributed by atoms with Crippen LogP contribution in [0.25, 0.3) is 0 Å². The number of anilines is 2. The molecule has 0 bridgehead atoms. The summed E-state index contributed by atoms with van der Waals surface area (Å²) in [6.07, 6.45) is 0. The fraction of sp³-hybridized carbons (Fsp3) is 0.636. The van der Waals surface area contributed by atoms with Crippen molar-refractivity contribution in [3.05, 3.63) is 12.1 Å². The number of rotatable bonds is 7. The van der Waals surface area contributed by atoms with Gasteiger partial charge in [-0.15, -0.1) is 10.2 Å². The highest BCUT2D eigenvalue weighted by atomic mass is 16.5. The molecule has 96 valence electrons. The molecule has 1 atom stereocenters. The van der Waals surface area contributed by atoms with Crippen molar-refractivity contribution < 1.29 is 9.47 Å². The summed E-state index contributed by atoms with van der Waals surface area (Å²) >= 11 is 0. The van der Waals surface area contributed by atoms with Gasteiger partial charge in [0.1, 0.15) is 5.82 Å². The van der Waals surface area contributed by atoms with Crippen molar-refractivity contribution in [1.29, 1.82) is 0 Å². The van der Waals surface area contributed by atoms with Crippen molar-refractivity contribution in [2.24, 2.45) is 0 Å². The zero-order valence-electron chi connectivity index (χ0n) is 10.6. The molecule has 6 nitrogen and oxygen atoms in total. The van der Waals surface area contributed by atoms with Gasteiger partial charge in [-0.2, -0.15) is 0 Å². The van der Waals surface area contributed by atoms with Crippen LogP contribution in [0.4, 0.5) is 11.6 Å². The first-order chi connectivity index (χ1) is 8.19. The molecule has 1 aromatic heterocycles. The zero-order chi connectivity index (χ0) is 12.7. The molecule has 1 aromatic rings. The van der Waals surface area contributed by atoms with E-state index in [9.17, 15) is 0 Å². The van der Waals surface area contributed by atoms with Crippen molar-refractivity contribution in [3.63, 3.8) is 0 Å². The quantitative estimate of drug-likeness (QED) is 0.750. The Morgan fingerprint density at radius 1 is 1.29 bits per heavy atom. The molecule has 1 unspecified atom stereocenters. The number of nitrogens with two attached hydrogens (primary N) is 1. The second kappa shape index (κ2) is 7.03. The smallest absolute Gasteiger partial charge is 0.151 e. The molecular weight excluding hydrogens is 220 g/mol. The average molecular weight is 240 g/mol. The van der Waals surface area contributed by atoms with Crippen LogP contribution in [0.3, 0.4) is 0 Å². The van der Waals surface area contributed by atoms with Crippen molar-refractivity contribution >= 4 is 11.6 Å². The molecule has 0 saturated heterocycles. The van der Waals surface area contributed by atoms with Crippen LogP contribution in [-0.2, 0) is 9.47 Å². The highest BCUT2D eigenvalue weighted by Crippen LogP contribution is 2.13. The topological polar surface area (TPSA) is 73.5 Å². The molecule has 6 heteroatoms. The van der Waals surface area contributed by atoms with Gasteiger partial charge < -0.3 is 20.1 Å². The van der Waals surface area contributed by atoms with E-state index in [0.29, 0.717) is 19.0 Å². The maximum Gasteiger partial charge on any atom is 0.151 e. The summed E-state index contributed by atoms with van der Waals surface area (Å²) in [6.45, 7) is 4.05. The Hall–Kier alpha value is -1.40. The summed E-state index contributed by atoms with van der Waals surface area (Å²) in [4.78, 5) is 2.08. The Kier molecular flexibility index (Phi) is 5.65. The van der Waals surface area contributed by atoms with Gasteiger partial charge in [-0.25, -0.2) is 0 Å². The molecule has 0 spiro atoms. The van der Waals surface area contributed by atoms with Gasteiger partial charge in [-0.05, 0) is 19.1 Å². The zero-order valence-corrected chi connectivity index (χ0v) is 10.6. The molecule has 0 aliphatic heterocycles. The normalized spacial score (nSPS) is 12.4. The Morgan fingerprint density at radius 3 is 2.59 bits per heavy atom. The van der Waals surface area contributed by atoms with Gasteiger partial charge in [0.05, 0.1) is 19.3 Å². The van der Waals surface area contributed by atoms with Crippen LogP contribution in [0.15, 0.2) is 12.1 Å². The second-order valence-corrected chi connectivity index (χ2v) is 3.81. The predicted molar refractivity (Wildman–Crippen MR) is 67.0 cm³/mol. The minimum Gasteiger partial charge on any atom is -0.383 e. The minimum atomic E-state index is 0.202. The van der Waals surface area contributed by atoms with E-state index in [4.69, 9.17) is 15.2 Å². The third kappa shape index (κ3) is 4.16. The SMILES string of the molecule is COCCN(c1ccc(N)nn1)C(C)COC. The molecule has 0 saturated carbocycles. The van der Waals surface area contributed by atoms with Gasteiger partial charge in [-0.1, -0.05) is 0 Å². The summed E-state index contributed by atoms with van der Waals surface area (Å²) in [5.74, 6) is 1.20. The van der Waals surface area contributed by atoms with E-state index in [1.165, 1.54) is 0 Å². The molecule has 0 aliphatic carbocycles. The third-order valence-electron chi connectivity index (χ3n) is 2.44. The number of ether oxygens (including phenoxy) is 2. The van der Waals surface area contributed by atoms with Crippen LogP contribution in [-0.4, -0.2) is 50.2 Å². The summed E-state index contributed by atoms with van der Waals surface area (Å²) in [5, 5.41) is 7.93. The van der Waals surface area contributed by atoms with Gasteiger partial charge in [0, 0.05) is 20.8 Å². The van der Waals surface area contributed by atoms with E-state index in [1.807, 2.05) is 6.07 Å². The van der Waals surface area contributed by atoms with E-state index in [1.54, 1.807) is 20.3 Å². The van der Waals surface area contributed by atoms with Gasteiger partial charge in [0.2, 0.25) is 0 Å². The van der Waals surface area contributed by atoms with Gasteiger partial charge in [-0.3, -0.25) is 0 Å². The van der Waals surface area contributed by atoms with Gasteiger partial charge in [0.15, 0.2) is 5.82 Å². The minimum absolute atomic E-state index is 0.202. The van der Waals surface area contributed by atoms with Crippen LogP contribution in [0, 0.1) is 0 Å². The van der Waals surface area contributed by atoms with E-state index < -0.39 is 0 Å². The standard InChI is InChI=1S/C11H20N4O2/c1-9(8-17-3)15(6-7-16-2)11-5-4-10(12)13-14-11/h4-5,9H,6-8H2,1-3H3,(H2,12,13). The molecule has 0 radical (unpaired) electrons. The Balaban J connectivity index is 2.77. The van der Waals surface area contributed by atoms with E-state index in [0.717, 1.165) is 12.4 Å². The number of hydrogen-bond donors (Lipinski definition) is 1. The predicted octanol–water partition coefficient (Wildman–Crippen LogP) is 0.546. The Labute approximate surface area is 102 Å². The fourth-order valence-corrected chi connectivity index (χ4v) is 1.57. The number of hydrogen-bond acceptors (Lipinski definition) is 6. The lowest BCUT2D eigenvalue weighted by Crippen LogP contribution is -2.39. The maximum atomic E-state index is 5.52. The molecular formula is C11H20N4O2. The average Bonchev–Trinajstić information content (AvgIpc) is 2.32. The molecule has 0 aromatic carbocycles. The lowest BCUT2D eigenvalue weighted by Gasteiger charge is -2.29. The summed E-state index contributed by atoms with van der Waals surface area (Å²) in [7, 11) is 3.35. The van der Waals surface area contributed by atoms with Crippen LogP contribution < -0.4 is 10.6 Å². The number of aromatic nitrogens is 2. The van der Waals surface area contributed by atoms with Crippen LogP contribution in [0.5, 0.6) is 0 Å². The van der Waals surface area contributed by atoms with Crippen LogP contribution in [0.1, 0.15) is 6.92 Å². The molecule has 0 fully saturated rings. The highest BCUT2D eigenvalue weighted by Gasteiger charge is 2.15. The largest absolute Gasteiger partial charge is 0.383 e. The number of nitrogens with zero attached hydrogens (tertiary/aromatic N) is 3. The molecule has 2 N–H and O–H groups in total. The van der Waals surface area contributed by atoms with Crippen molar-refractivity contribution in [2.75, 3.05) is 44.6 Å². The van der Waals surface area contributed by atoms with Crippen molar-refractivity contribution in [1.82, 2.24) is 10.2 Å². The number of methoxy groups -OCH3 is 2. The Bertz CT molecular complexity index is 318. The van der Waals surface area contributed by atoms with Gasteiger partial charge >= 0.3 is 0 Å². The fourth-order valence-electron chi connectivity index (χ4n) is 1.57. The highest BCUT2D eigenvalue weighted by molar-refractivity contribution is 5.42. The van der Waals surface area contributed by atoms with Crippen LogP contribution in [0.2, 0.25) is 0 Å². The first kappa shape index (κ1) is 13.7. The monoisotopic (exact) mass is 240 g/mol. The van der Waals surface area contributed by atoms with Crippen molar-refractivity contribution in [2.45, 2.75) is 13.0 Å². The van der Waals surface area contributed by atoms with Crippen molar-refractivity contribution in [3.8, 4) is 0 Å². The summed E-state index contributed by atoms with van der Waals surface area (Å²) in [6, 6.07) is 3.79.